The fourth-order valence-corrected chi connectivity index (χ4v) is 1.38. The summed E-state index contributed by atoms with van der Waals surface area (Å²) in [7, 11) is 0. The number of nitrogen functional groups attached to an aromatic ring is 1. The first-order chi connectivity index (χ1) is 5.79. The Kier molecular flexibility index (Phi) is 5.18. The van der Waals surface area contributed by atoms with Crippen LogP contribution in [0, 0.1) is 14.4 Å². The summed E-state index contributed by atoms with van der Waals surface area (Å²) in [6.45, 7) is 3.93. The van der Waals surface area contributed by atoms with Crippen LogP contribution < -0.4 is 5.73 Å². The molecule has 0 aromatic heterocycles. The van der Waals surface area contributed by atoms with Crippen LogP contribution in [0.1, 0.15) is 5.56 Å². The van der Waals surface area contributed by atoms with Crippen molar-refractivity contribution in [2.75, 3.05) is 5.73 Å². The van der Waals surface area contributed by atoms with Crippen molar-refractivity contribution in [1.82, 2.24) is 0 Å². The Morgan fingerprint density at radius 1 is 0.929 bits per heavy atom. The van der Waals surface area contributed by atoms with Crippen LogP contribution in [0.5, 0.6) is 0 Å². The Hall–Kier alpha value is -0.526. The summed E-state index contributed by atoms with van der Waals surface area (Å²) in [6.07, 6.45) is 0. The van der Waals surface area contributed by atoms with Gasteiger partial charge in [-0.3, -0.25) is 0 Å². The SMILES string of the molecule is [CH2-]c1ccc(N)c2ccccc12.[CH3-].[Y]. The molecule has 0 aliphatic rings. The number of fused-ring (bicyclic) bond motifs is 1. The molecule has 0 unspecified atom stereocenters. The third kappa shape index (κ3) is 2.28. The number of nitrogens with two attached hydrogens (primary N) is 1. The van der Waals surface area contributed by atoms with Gasteiger partial charge in [0, 0.05) is 38.4 Å². The van der Waals surface area contributed by atoms with Crippen molar-refractivity contribution in [2.24, 2.45) is 0 Å². The van der Waals surface area contributed by atoms with E-state index in [2.05, 4.69) is 6.92 Å². The Labute approximate surface area is 111 Å². The van der Waals surface area contributed by atoms with Crippen molar-refractivity contribution in [3.8, 4) is 0 Å². The molecule has 0 bridgehead atoms. The Bertz CT molecular complexity index is 383. The van der Waals surface area contributed by atoms with E-state index in [-0.39, 0.29) is 40.1 Å². The van der Waals surface area contributed by atoms with Gasteiger partial charge in [0.15, 0.2) is 0 Å². The molecule has 2 heteroatoms. The normalized spacial score (nSPS) is 8.86. The zero-order valence-electron chi connectivity index (χ0n) is 8.33. The minimum atomic E-state index is 0. The van der Waals surface area contributed by atoms with Gasteiger partial charge in [-0.1, -0.05) is 29.7 Å². The average Bonchev–Trinajstić information content (AvgIpc) is 2.12. The van der Waals surface area contributed by atoms with Crippen molar-refractivity contribution < 1.29 is 32.7 Å². The first kappa shape index (κ1) is 13.5. The number of hydrogen-bond donors (Lipinski definition) is 1. The average molecular weight is 260 g/mol. The fourth-order valence-electron chi connectivity index (χ4n) is 1.38. The van der Waals surface area contributed by atoms with Crippen LogP contribution in [0.4, 0.5) is 5.69 Å². The van der Waals surface area contributed by atoms with Crippen molar-refractivity contribution in [2.45, 2.75) is 0 Å². The van der Waals surface area contributed by atoms with Crippen LogP contribution in [0.25, 0.3) is 10.8 Å². The maximum atomic E-state index is 5.80. The van der Waals surface area contributed by atoms with E-state index in [0.29, 0.717) is 0 Å². The molecule has 0 spiro atoms. The first-order valence-electron chi connectivity index (χ1n) is 3.88. The molecule has 0 saturated carbocycles. The van der Waals surface area contributed by atoms with Gasteiger partial charge in [-0.25, -0.2) is 0 Å². The van der Waals surface area contributed by atoms with Gasteiger partial charge in [0.05, 0.1) is 0 Å². The monoisotopic (exact) mass is 260 g/mol. The second-order valence-electron chi connectivity index (χ2n) is 2.86. The number of benzene rings is 2. The molecule has 2 rings (SSSR count). The van der Waals surface area contributed by atoms with E-state index in [9.17, 15) is 0 Å². The molecule has 2 N–H and O–H groups in total. The molecular weight excluding hydrogens is 247 g/mol. The summed E-state index contributed by atoms with van der Waals surface area (Å²) >= 11 is 0. The summed E-state index contributed by atoms with van der Waals surface area (Å²) in [5.74, 6) is 0. The van der Waals surface area contributed by atoms with Gasteiger partial charge in [-0.2, -0.15) is 18.6 Å². The molecule has 0 atom stereocenters. The van der Waals surface area contributed by atoms with E-state index >= 15 is 0 Å². The number of hydrogen-bond acceptors (Lipinski definition) is 1. The van der Waals surface area contributed by atoms with Crippen molar-refractivity contribution in [3.63, 3.8) is 0 Å². The summed E-state index contributed by atoms with van der Waals surface area (Å²) in [5.41, 5.74) is 7.64. The Morgan fingerprint density at radius 3 is 2.07 bits per heavy atom. The molecule has 1 radical (unpaired) electrons. The fraction of sp³-hybridized carbons (Fsp3) is 0. The number of rotatable bonds is 0. The minimum absolute atomic E-state index is 0. The van der Waals surface area contributed by atoms with Crippen LogP contribution in [0.15, 0.2) is 36.4 Å². The number of anilines is 1. The van der Waals surface area contributed by atoms with Crippen molar-refractivity contribution >= 4 is 16.5 Å². The first-order valence-corrected chi connectivity index (χ1v) is 3.88. The molecule has 2 aromatic rings. The third-order valence-electron chi connectivity index (χ3n) is 2.05. The quantitative estimate of drug-likeness (QED) is 0.571. The van der Waals surface area contributed by atoms with E-state index in [1.807, 2.05) is 36.4 Å². The zero-order valence-corrected chi connectivity index (χ0v) is 11.2. The predicted octanol–water partition coefficient (Wildman–Crippen LogP) is 3.05. The molecule has 0 heterocycles. The van der Waals surface area contributed by atoms with E-state index in [4.69, 9.17) is 5.73 Å². The minimum Gasteiger partial charge on any atom is -0.400 e. The molecule has 0 saturated heterocycles. The van der Waals surface area contributed by atoms with Gasteiger partial charge in [0.1, 0.15) is 0 Å². The Balaban J connectivity index is 0.000000845. The molecule has 1 nitrogen and oxygen atoms in total. The topological polar surface area (TPSA) is 26.0 Å². The molecule has 71 valence electrons. The molecule has 0 fully saturated rings. The van der Waals surface area contributed by atoms with Gasteiger partial charge in [-0.05, 0) is 0 Å². The van der Waals surface area contributed by atoms with E-state index in [1.165, 1.54) is 0 Å². The standard InChI is InChI=1S/C11H10N.CH3.Y/c1-8-6-7-11(12)10-5-3-2-4-9(8)10;;/h2-7H,1,12H2;1H3;/q2*-1;. The van der Waals surface area contributed by atoms with Crippen LogP contribution in [0.2, 0.25) is 0 Å². The second-order valence-corrected chi connectivity index (χ2v) is 2.86. The smallest absolute Gasteiger partial charge is 0.0146 e. The van der Waals surface area contributed by atoms with Crippen LogP contribution in [-0.4, -0.2) is 0 Å². The van der Waals surface area contributed by atoms with E-state index in [1.54, 1.807) is 0 Å². The summed E-state index contributed by atoms with van der Waals surface area (Å²) in [4.78, 5) is 0. The van der Waals surface area contributed by atoms with Gasteiger partial charge >= 0.3 is 0 Å². The zero-order chi connectivity index (χ0) is 8.55. The van der Waals surface area contributed by atoms with Crippen LogP contribution in [-0.2, 0) is 32.7 Å². The van der Waals surface area contributed by atoms with Crippen molar-refractivity contribution in [3.05, 3.63) is 56.3 Å². The molecule has 0 aliphatic heterocycles. The summed E-state index contributed by atoms with van der Waals surface area (Å²) < 4.78 is 0. The molecular formula is C12H13NY-2. The summed E-state index contributed by atoms with van der Waals surface area (Å²) in [5, 5.41) is 2.22. The maximum Gasteiger partial charge on any atom is 0.0146 e. The molecule has 0 amide bonds. The molecule has 14 heavy (non-hydrogen) atoms. The van der Waals surface area contributed by atoms with Crippen LogP contribution >= 0.6 is 0 Å². The third-order valence-corrected chi connectivity index (χ3v) is 2.05. The van der Waals surface area contributed by atoms with Gasteiger partial charge in [0.25, 0.3) is 0 Å². The van der Waals surface area contributed by atoms with Gasteiger partial charge in [0.2, 0.25) is 0 Å². The largest absolute Gasteiger partial charge is 0.400 e. The van der Waals surface area contributed by atoms with E-state index < -0.39 is 0 Å². The van der Waals surface area contributed by atoms with Crippen molar-refractivity contribution in [1.29, 1.82) is 0 Å². The predicted molar refractivity (Wildman–Crippen MR) is 59.2 cm³/mol. The second kappa shape index (κ2) is 5.38. The summed E-state index contributed by atoms with van der Waals surface area (Å²) in [6, 6.07) is 11.9. The Morgan fingerprint density at radius 2 is 1.50 bits per heavy atom. The molecule has 2 aromatic carbocycles. The van der Waals surface area contributed by atoms with Gasteiger partial charge in [-0.15, -0.1) is 11.5 Å². The van der Waals surface area contributed by atoms with Gasteiger partial charge < -0.3 is 13.2 Å². The maximum absolute atomic E-state index is 5.80. The van der Waals surface area contributed by atoms with E-state index in [0.717, 1.165) is 22.0 Å². The molecule has 0 aliphatic carbocycles. The van der Waals surface area contributed by atoms with Crippen LogP contribution in [0.3, 0.4) is 0 Å².